The summed E-state index contributed by atoms with van der Waals surface area (Å²) in [7, 11) is 0. The van der Waals surface area contributed by atoms with Crippen LogP contribution in [0.1, 0.15) is 20.7 Å². The normalized spacial score (nSPS) is 11.5. The Morgan fingerprint density at radius 1 is 0.682 bits per heavy atom. The highest BCUT2D eigenvalue weighted by Gasteiger charge is 2.19. The van der Waals surface area contributed by atoms with Crippen LogP contribution >= 0.6 is 0 Å². The first-order valence-electron chi connectivity index (χ1n) is 6.75. The van der Waals surface area contributed by atoms with Gasteiger partial charge in [-0.25, -0.2) is 9.59 Å². The molecule has 2 N–H and O–H groups in total. The van der Waals surface area contributed by atoms with Crippen molar-refractivity contribution < 1.29 is 19.8 Å². The van der Waals surface area contributed by atoms with Gasteiger partial charge in [-0.2, -0.15) is 0 Å². The van der Waals surface area contributed by atoms with E-state index in [1.165, 1.54) is 12.1 Å². The van der Waals surface area contributed by atoms with Crippen LogP contribution < -0.4 is 0 Å². The van der Waals surface area contributed by atoms with Crippen LogP contribution in [0.3, 0.4) is 0 Å². The van der Waals surface area contributed by atoms with E-state index in [1.807, 2.05) is 24.3 Å². The molecule has 4 rings (SSSR count). The van der Waals surface area contributed by atoms with Gasteiger partial charge >= 0.3 is 11.9 Å². The van der Waals surface area contributed by atoms with Gasteiger partial charge in [-0.05, 0) is 44.5 Å². The molecule has 0 bridgehead atoms. The number of aromatic carboxylic acids is 2. The number of hydrogen-bond donors (Lipinski definition) is 2. The highest BCUT2D eigenvalue weighted by atomic mass is 16.4. The molecule has 4 aromatic carbocycles. The minimum atomic E-state index is -1.06. The third kappa shape index (κ3) is 1.52. The van der Waals surface area contributed by atoms with E-state index in [0.717, 1.165) is 21.5 Å². The van der Waals surface area contributed by atoms with Crippen molar-refractivity contribution >= 4 is 44.3 Å². The van der Waals surface area contributed by atoms with Crippen molar-refractivity contribution in [2.75, 3.05) is 0 Å². The minimum Gasteiger partial charge on any atom is -0.478 e. The zero-order valence-electron chi connectivity index (χ0n) is 11.3. The number of carboxylic acid groups (broad SMARTS) is 2. The molecule has 0 spiro atoms. The van der Waals surface area contributed by atoms with Crippen LogP contribution in [0.15, 0.2) is 48.5 Å². The summed E-state index contributed by atoms with van der Waals surface area (Å²) in [6.07, 6.45) is 0. The second kappa shape index (κ2) is 4.18. The van der Waals surface area contributed by atoms with Gasteiger partial charge in [0.1, 0.15) is 0 Å². The molecule has 0 radical (unpaired) electrons. The zero-order chi connectivity index (χ0) is 15.4. The van der Waals surface area contributed by atoms with E-state index in [-0.39, 0.29) is 11.1 Å². The van der Waals surface area contributed by atoms with Crippen LogP contribution in [-0.2, 0) is 0 Å². The van der Waals surface area contributed by atoms with E-state index in [1.54, 1.807) is 12.1 Å². The van der Waals surface area contributed by atoms with E-state index in [9.17, 15) is 19.8 Å². The summed E-state index contributed by atoms with van der Waals surface area (Å²) in [6, 6.07) is 14.1. The fourth-order valence-corrected chi connectivity index (χ4v) is 3.18. The van der Waals surface area contributed by atoms with E-state index >= 15 is 0 Å². The van der Waals surface area contributed by atoms with Crippen LogP contribution in [-0.4, -0.2) is 22.2 Å². The van der Waals surface area contributed by atoms with Crippen molar-refractivity contribution in [3.63, 3.8) is 0 Å². The maximum Gasteiger partial charge on any atom is 0.336 e. The first-order chi connectivity index (χ1) is 10.6. The predicted octanol–water partition coefficient (Wildman–Crippen LogP) is 3.98. The van der Waals surface area contributed by atoms with Gasteiger partial charge in [-0.3, -0.25) is 0 Å². The molecule has 0 saturated heterocycles. The number of hydrogen-bond acceptors (Lipinski definition) is 2. The second-order valence-electron chi connectivity index (χ2n) is 5.26. The average Bonchev–Trinajstić information content (AvgIpc) is 2.51. The number of carbonyl (C=O) groups is 2. The fourth-order valence-electron chi connectivity index (χ4n) is 3.18. The molecule has 4 aromatic rings. The highest BCUT2D eigenvalue weighted by Crippen LogP contribution is 2.37. The van der Waals surface area contributed by atoms with Crippen molar-refractivity contribution in [3.8, 4) is 0 Å². The summed E-state index contributed by atoms with van der Waals surface area (Å²) >= 11 is 0. The molecule has 4 nitrogen and oxygen atoms in total. The second-order valence-corrected chi connectivity index (χ2v) is 5.26. The summed E-state index contributed by atoms with van der Waals surface area (Å²) in [5, 5.41) is 23.4. The summed E-state index contributed by atoms with van der Waals surface area (Å²) in [6.45, 7) is 0. The SMILES string of the molecule is O=C(O)c1cc2c(C(=O)O)ccc3ccc4cccc1c4c32. The number of carboxylic acids is 2. The maximum absolute atomic E-state index is 11.6. The Hall–Kier alpha value is -3.14. The fraction of sp³-hybridized carbons (Fsp3) is 0. The van der Waals surface area contributed by atoms with Crippen molar-refractivity contribution in [2.24, 2.45) is 0 Å². The van der Waals surface area contributed by atoms with Gasteiger partial charge in [0.05, 0.1) is 11.1 Å². The van der Waals surface area contributed by atoms with E-state index in [4.69, 9.17) is 0 Å². The number of rotatable bonds is 2. The summed E-state index contributed by atoms with van der Waals surface area (Å²) < 4.78 is 0. The molecule has 0 heterocycles. The van der Waals surface area contributed by atoms with Gasteiger partial charge in [-0.1, -0.05) is 36.4 Å². The largest absolute Gasteiger partial charge is 0.478 e. The minimum absolute atomic E-state index is 0.119. The van der Waals surface area contributed by atoms with Crippen LogP contribution in [0, 0.1) is 0 Å². The molecule has 0 aliphatic carbocycles. The first-order valence-corrected chi connectivity index (χ1v) is 6.75. The zero-order valence-corrected chi connectivity index (χ0v) is 11.3. The van der Waals surface area contributed by atoms with Gasteiger partial charge in [0.2, 0.25) is 0 Å². The highest BCUT2D eigenvalue weighted by molar-refractivity contribution is 6.29. The average molecular weight is 290 g/mol. The van der Waals surface area contributed by atoms with Crippen molar-refractivity contribution in [2.45, 2.75) is 0 Å². The Morgan fingerprint density at radius 2 is 1.27 bits per heavy atom. The molecule has 106 valence electrons. The monoisotopic (exact) mass is 290 g/mol. The molecule has 0 amide bonds. The lowest BCUT2D eigenvalue weighted by Gasteiger charge is -2.14. The lowest BCUT2D eigenvalue weighted by molar-refractivity contribution is 0.0686. The first kappa shape index (κ1) is 12.6. The third-order valence-electron chi connectivity index (χ3n) is 4.11. The van der Waals surface area contributed by atoms with E-state index in [0.29, 0.717) is 10.8 Å². The smallest absolute Gasteiger partial charge is 0.336 e. The predicted molar refractivity (Wildman–Crippen MR) is 84.1 cm³/mol. The number of benzene rings is 4. The van der Waals surface area contributed by atoms with Gasteiger partial charge in [-0.15, -0.1) is 0 Å². The molecule has 0 aromatic heterocycles. The molecule has 4 heteroatoms. The quantitative estimate of drug-likeness (QED) is 0.547. The Labute approximate surface area is 124 Å². The van der Waals surface area contributed by atoms with Crippen LogP contribution in [0.4, 0.5) is 0 Å². The van der Waals surface area contributed by atoms with Gasteiger partial charge in [0.25, 0.3) is 0 Å². The lowest BCUT2D eigenvalue weighted by Crippen LogP contribution is -2.02. The van der Waals surface area contributed by atoms with Gasteiger partial charge in [0.15, 0.2) is 0 Å². The molecule has 0 aliphatic heterocycles. The van der Waals surface area contributed by atoms with E-state index in [2.05, 4.69) is 0 Å². The molecular weight excluding hydrogens is 280 g/mol. The Kier molecular flexibility index (Phi) is 2.39. The molecule has 22 heavy (non-hydrogen) atoms. The maximum atomic E-state index is 11.6. The van der Waals surface area contributed by atoms with Crippen LogP contribution in [0.2, 0.25) is 0 Å². The molecule has 0 fully saturated rings. The molecular formula is C18H10O4. The molecule has 0 unspecified atom stereocenters. The molecule has 0 atom stereocenters. The van der Waals surface area contributed by atoms with E-state index < -0.39 is 11.9 Å². The third-order valence-corrected chi connectivity index (χ3v) is 4.11. The van der Waals surface area contributed by atoms with Crippen LogP contribution in [0.25, 0.3) is 32.3 Å². The standard InChI is InChI=1S/C18H10O4/c19-17(20)12-7-6-10-5-4-9-2-1-3-11-14(18(21)22)8-13(12)16(10)15(9)11/h1-8H,(H,19,20)(H,21,22). The Bertz CT molecular complexity index is 1060. The Balaban J connectivity index is 2.40. The van der Waals surface area contributed by atoms with Gasteiger partial charge in [0, 0.05) is 0 Å². The lowest BCUT2D eigenvalue weighted by atomic mass is 9.89. The summed E-state index contributed by atoms with van der Waals surface area (Å²) in [5.74, 6) is -2.12. The summed E-state index contributed by atoms with van der Waals surface area (Å²) in [5.41, 5.74) is 0.243. The summed E-state index contributed by atoms with van der Waals surface area (Å²) in [4.78, 5) is 23.1. The van der Waals surface area contributed by atoms with Crippen molar-refractivity contribution in [1.29, 1.82) is 0 Å². The van der Waals surface area contributed by atoms with Gasteiger partial charge < -0.3 is 10.2 Å². The molecule has 0 aliphatic rings. The topological polar surface area (TPSA) is 74.6 Å². The van der Waals surface area contributed by atoms with Crippen molar-refractivity contribution in [1.82, 2.24) is 0 Å². The van der Waals surface area contributed by atoms with Crippen LogP contribution in [0.5, 0.6) is 0 Å². The van der Waals surface area contributed by atoms with Crippen molar-refractivity contribution in [3.05, 3.63) is 59.7 Å². The Morgan fingerprint density at radius 3 is 1.95 bits per heavy atom. The molecule has 0 saturated carbocycles.